The van der Waals surface area contributed by atoms with Crippen LogP contribution in [0.5, 0.6) is 0 Å². The Bertz CT molecular complexity index is 201. The lowest BCUT2D eigenvalue weighted by Gasteiger charge is -2.29. The van der Waals surface area contributed by atoms with Crippen LogP contribution in [0.25, 0.3) is 0 Å². The third-order valence-corrected chi connectivity index (χ3v) is 2.69. The number of nitrogens with zero attached hydrogens (tertiary/aromatic N) is 2. The first-order valence-corrected chi connectivity index (χ1v) is 5.74. The number of carbonyl (C=O) groups is 1. The Morgan fingerprint density at radius 1 is 1.40 bits per heavy atom. The van der Waals surface area contributed by atoms with Crippen molar-refractivity contribution in [3.05, 3.63) is 0 Å². The van der Waals surface area contributed by atoms with Crippen LogP contribution in [0.2, 0.25) is 0 Å². The van der Waals surface area contributed by atoms with E-state index in [-0.39, 0.29) is 12.0 Å². The van der Waals surface area contributed by atoms with E-state index in [1.807, 2.05) is 16.8 Å². The van der Waals surface area contributed by atoms with Crippen LogP contribution in [0.4, 0.5) is 0 Å². The lowest BCUT2D eigenvalue weighted by atomic mass is 10.1. The van der Waals surface area contributed by atoms with Gasteiger partial charge in [0.25, 0.3) is 0 Å². The molecule has 1 aliphatic heterocycles. The molecular weight excluding hydrogens is 192 g/mol. The van der Waals surface area contributed by atoms with E-state index in [1.54, 1.807) is 6.92 Å². The molecule has 0 aromatic rings. The van der Waals surface area contributed by atoms with Crippen molar-refractivity contribution in [1.29, 1.82) is 0 Å². The molecule has 1 atom stereocenters. The molecule has 4 heteroatoms. The summed E-state index contributed by atoms with van der Waals surface area (Å²) in [5.74, 6) is 0.192. The van der Waals surface area contributed by atoms with Gasteiger partial charge < -0.3 is 10.0 Å². The highest BCUT2D eigenvalue weighted by molar-refractivity contribution is 5.78. The van der Waals surface area contributed by atoms with E-state index >= 15 is 0 Å². The molecule has 0 aromatic heterocycles. The SMILES string of the molecule is CC(O)CN(C)CC(=O)N1CCCCC1. The smallest absolute Gasteiger partial charge is 0.236 e. The molecule has 1 aliphatic rings. The van der Waals surface area contributed by atoms with Gasteiger partial charge in [-0.05, 0) is 33.2 Å². The standard InChI is InChI=1S/C11H22N2O2/c1-10(14)8-12(2)9-11(15)13-6-4-3-5-7-13/h10,14H,3-9H2,1-2H3. The molecule has 0 spiro atoms. The van der Waals surface area contributed by atoms with Gasteiger partial charge >= 0.3 is 0 Å². The van der Waals surface area contributed by atoms with Crippen LogP contribution < -0.4 is 0 Å². The molecule has 4 nitrogen and oxygen atoms in total. The van der Waals surface area contributed by atoms with Gasteiger partial charge in [-0.3, -0.25) is 9.69 Å². The first kappa shape index (κ1) is 12.5. The van der Waals surface area contributed by atoms with E-state index in [1.165, 1.54) is 6.42 Å². The van der Waals surface area contributed by atoms with E-state index in [4.69, 9.17) is 0 Å². The molecule has 1 N–H and O–H groups in total. The molecule has 1 unspecified atom stereocenters. The lowest BCUT2D eigenvalue weighted by molar-refractivity contribution is -0.133. The fourth-order valence-corrected chi connectivity index (χ4v) is 1.99. The molecule has 0 radical (unpaired) electrons. The summed E-state index contributed by atoms with van der Waals surface area (Å²) in [6.07, 6.45) is 3.13. The maximum absolute atomic E-state index is 11.8. The van der Waals surface area contributed by atoms with Crippen LogP contribution >= 0.6 is 0 Å². The summed E-state index contributed by atoms with van der Waals surface area (Å²) in [7, 11) is 1.87. The van der Waals surface area contributed by atoms with Gasteiger partial charge in [-0.15, -0.1) is 0 Å². The fraction of sp³-hybridized carbons (Fsp3) is 0.909. The number of likely N-dealkylation sites (tertiary alicyclic amines) is 1. The quantitative estimate of drug-likeness (QED) is 0.732. The zero-order chi connectivity index (χ0) is 11.3. The molecule has 15 heavy (non-hydrogen) atoms. The minimum absolute atomic E-state index is 0.192. The number of amides is 1. The highest BCUT2D eigenvalue weighted by Crippen LogP contribution is 2.08. The van der Waals surface area contributed by atoms with E-state index in [9.17, 15) is 9.90 Å². The largest absolute Gasteiger partial charge is 0.392 e. The van der Waals surface area contributed by atoms with Crippen molar-refractivity contribution in [2.75, 3.05) is 33.2 Å². The summed E-state index contributed by atoms with van der Waals surface area (Å²) in [4.78, 5) is 15.6. The second-order valence-electron chi connectivity index (χ2n) is 4.49. The van der Waals surface area contributed by atoms with Gasteiger partial charge in [0.2, 0.25) is 5.91 Å². The first-order valence-electron chi connectivity index (χ1n) is 5.74. The van der Waals surface area contributed by atoms with Gasteiger partial charge in [-0.25, -0.2) is 0 Å². The van der Waals surface area contributed by atoms with Crippen LogP contribution in [0.3, 0.4) is 0 Å². The van der Waals surface area contributed by atoms with Gasteiger partial charge in [0.05, 0.1) is 12.6 Å². The molecule has 0 aliphatic carbocycles. The number of hydrogen-bond acceptors (Lipinski definition) is 3. The van der Waals surface area contributed by atoms with Crippen molar-refractivity contribution in [2.24, 2.45) is 0 Å². The number of piperidine rings is 1. The van der Waals surface area contributed by atoms with Gasteiger partial charge in [-0.2, -0.15) is 0 Å². The van der Waals surface area contributed by atoms with E-state index in [0.29, 0.717) is 13.1 Å². The molecule has 0 bridgehead atoms. The Morgan fingerprint density at radius 2 is 2.00 bits per heavy atom. The fourth-order valence-electron chi connectivity index (χ4n) is 1.99. The first-order chi connectivity index (χ1) is 7.09. The molecule has 1 heterocycles. The lowest BCUT2D eigenvalue weighted by Crippen LogP contribution is -2.43. The van der Waals surface area contributed by atoms with Crippen molar-refractivity contribution in [2.45, 2.75) is 32.3 Å². The average molecular weight is 214 g/mol. The monoisotopic (exact) mass is 214 g/mol. The Labute approximate surface area is 91.9 Å². The highest BCUT2D eigenvalue weighted by atomic mass is 16.3. The van der Waals surface area contributed by atoms with Gasteiger partial charge in [-0.1, -0.05) is 0 Å². The van der Waals surface area contributed by atoms with Crippen molar-refractivity contribution in [3.63, 3.8) is 0 Å². The summed E-state index contributed by atoms with van der Waals surface area (Å²) in [6.45, 7) is 4.52. The van der Waals surface area contributed by atoms with Gasteiger partial charge in [0.15, 0.2) is 0 Å². The number of rotatable bonds is 4. The van der Waals surface area contributed by atoms with E-state index in [2.05, 4.69) is 0 Å². The van der Waals surface area contributed by atoms with E-state index in [0.717, 1.165) is 25.9 Å². The topological polar surface area (TPSA) is 43.8 Å². The molecule has 1 rings (SSSR count). The molecular formula is C11H22N2O2. The summed E-state index contributed by atoms with van der Waals surface area (Å²) >= 11 is 0. The molecule has 1 saturated heterocycles. The summed E-state index contributed by atoms with van der Waals surface area (Å²) in [6, 6.07) is 0. The Balaban J connectivity index is 2.27. The highest BCUT2D eigenvalue weighted by Gasteiger charge is 2.17. The van der Waals surface area contributed by atoms with Crippen molar-refractivity contribution < 1.29 is 9.90 Å². The average Bonchev–Trinajstić information content (AvgIpc) is 2.17. The van der Waals surface area contributed by atoms with Crippen LogP contribution in [-0.4, -0.2) is 60.1 Å². The number of likely N-dealkylation sites (N-methyl/N-ethyl adjacent to an activating group) is 1. The predicted octanol–water partition coefficient (Wildman–Crippen LogP) is 0.311. The maximum Gasteiger partial charge on any atom is 0.236 e. The second-order valence-corrected chi connectivity index (χ2v) is 4.49. The van der Waals surface area contributed by atoms with Crippen LogP contribution in [0.1, 0.15) is 26.2 Å². The zero-order valence-corrected chi connectivity index (χ0v) is 9.78. The van der Waals surface area contributed by atoms with Crippen LogP contribution in [0.15, 0.2) is 0 Å². The minimum Gasteiger partial charge on any atom is -0.392 e. The van der Waals surface area contributed by atoms with Crippen molar-refractivity contribution in [1.82, 2.24) is 9.80 Å². The molecule has 0 saturated carbocycles. The molecule has 88 valence electrons. The number of carbonyl (C=O) groups excluding carboxylic acids is 1. The van der Waals surface area contributed by atoms with E-state index < -0.39 is 0 Å². The molecule has 1 fully saturated rings. The summed E-state index contributed by atoms with van der Waals surface area (Å²) in [5, 5.41) is 9.18. The molecule has 0 aromatic carbocycles. The normalized spacial score (nSPS) is 19.3. The zero-order valence-electron chi connectivity index (χ0n) is 9.78. The number of aliphatic hydroxyl groups excluding tert-OH is 1. The minimum atomic E-state index is -0.371. The third kappa shape index (κ3) is 4.62. The Hall–Kier alpha value is -0.610. The van der Waals surface area contributed by atoms with Gasteiger partial charge in [0.1, 0.15) is 0 Å². The van der Waals surface area contributed by atoms with Gasteiger partial charge in [0, 0.05) is 19.6 Å². The number of hydrogen-bond donors (Lipinski definition) is 1. The number of aliphatic hydroxyl groups is 1. The Morgan fingerprint density at radius 3 is 2.53 bits per heavy atom. The van der Waals surface area contributed by atoms with Crippen LogP contribution in [0, 0.1) is 0 Å². The summed E-state index contributed by atoms with van der Waals surface area (Å²) in [5.41, 5.74) is 0. The van der Waals surface area contributed by atoms with Crippen molar-refractivity contribution in [3.8, 4) is 0 Å². The summed E-state index contributed by atoms with van der Waals surface area (Å²) < 4.78 is 0. The third-order valence-electron chi connectivity index (χ3n) is 2.69. The van der Waals surface area contributed by atoms with Crippen molar-refractivity contribution >= 4 is 5.91 Å². The van der Waals surface area contributed by atoms with Crippen LogP contribution in [-0.2, 0) is 4.79 Å². The maximum atomic E-state index is 11.8. The predicted molar refractivity (Wildman–Crippen MR) is 59.6 cm³/mol. The Kier molecular flexibility index (Phi) is 5.05. The molecule has 1 amide bonds. The second kappa shape index (κ2) is 6.08.